The van der Waals surface area contributed by atoms with E-state index in [-0.39, 0.29) is 0 Å². The molecule has 0 radical (unpaired) electrons. The van der Waals surface area contributed by atoms with E-state index in [1.165, 1.54) is 0 Å². The van der Waals surface area contributed by atoms with Crippen LogP contribution >= 0.6 is 27.5 Å². The summed E-state index contributed by atoms with van der Waals surface area (Å²) in [4.78, 5) is 0. The van der Waals surface area contributed by atoms with Crippen molar-refractivity contribution in [3.8, 4) is 22.5 Å². The largest absolute Gasteiger partial charge is 0.380 e. The third-order valence-corrected chi connectivity index (χ3v) is 4.11. The molecule has 0 atom stereocenters. The third-order valence-electron chi connectivity index (χ3n) is 3.31. The molecule has 3 aromatic rings. The Bertz CT molecular complexity index is 814. The van der Waals surface area contributed by atoms with Gasteiger partial charge < -0.3 is 10.3 Å². The molecule has 21 heavy (non-hydrogen) atoms. The van der Waals surface area contributed by atoms with Crippen LogP contribution in [0.15, 0.2) is 51.5 Å². The second kappa shape index (κ2) is 5.54. The van der Waals surface area contributed by atoms with Gasteiger partial charge in [0.1, 0.15) is 0 Å². The van der Waals surface area contributed by atoms with E-state index >= 15 is 0 Å². The maximum atomic E-state index is 6.31. The van der Waals surface area contributed by atoms with Gasteiger partial charge in [0, 0.05) is 10.0 Å². The van der Waals surface area contributed by atoms with Crippen LogP contribution in [0.2, 0.25) is 5.02 Å². The smallest absolute Gasteiger partial charge is 0.178 e. The lowest BCUT2D eigenvalue weighted by Gasteiger charge is -2.07. The van der Waals surface area contributed by atoms with E-state index in [1.807, 2.05) is 49.4 Å². The minimum Gasteiger partial charge on any atom is -0.380 e. The van der Waals surface area contributed by atoms with E-state index in [2.05, 4.69) is 21.1 Å². The van der Waals surface area contributed by atoms with Gasteiger partial charge in [0.25, 0.3) is 0 Å². The summed E-state index contributed by atoms with van der Waals surface area (Å²) in [6.45, 7) is 2.02. The molecule has 0 saturated carbocycles. The van der Waals surface area contributed by atoms with Crippen LogP contribution in [0.4, 0.5) is 5.82 Å². The van der Waals surface area contributed by atoms with Crippen molar-refractivity contribution in [3.05, 3.63) is 57.5 Å². The quantitative estimate of drug-likeness (QED) is 0.671. The fraction of sp³-hybridized carbons (Fsp3) is 0.0625. The zero-order chi connectivity index (χ0) is 15.0. The van der Waals surface area contributed by atoms with Crippen LogP contribution in [0.3, 0.4) is 0 Å². The first-order valence-corrected chi connectivity index (χ1v) is 7.51. The molecule has 106 valence electrons. The first-order chi connectivity index (χ1) is 10.1. The molecular weight excluding hydrogens is 352 g/mol. The molecule has 0 aliphatic carbocycles. The maximum absolute atomic E-state index is 6.31. The second-order valence-corrected chi connectivity index (χ2v) is 6.03. The van der Waals surface area contributed by atoms with Crippen molar-refractivity contribution < 1.29 is 4.52 Å². The molecule has 2 N–H and O–H groups in total. The van der Waals surface area contributed by atoms with Crippen LogP contribution in [-0.2, 0) is 0 Å². The topological polar surface area (TPSA) is 52.0 Å². The number of nitrogen functional groups attached to an aromatic ring is 1. The summed E-state index contributed by atoms with van der Waals surface area (Å²) in [6, 6.07) is 13.6. The molecule has 0 fully saturated rings. The normalized spacial score (nSPS) is 10.8. The Morgan fingerprint density at radius 1 is 1.14 bits per heavy atom. The second-order valence-electron chi connectivity index (χ2n) is 4.71. The monoisotopic (exact) mass is 362 g/mol. The molecule has 5 heteroatoms. The highest BCUT2D eigenvalue weighted by molar-refractivity contribution is 9.10. The van der Waals surface area contributed by atoms with Crippen molar-refractivity contribution in [2.24, 2.45) is 0 Å². The summed E-state index contributed by atoms with van der Waals surface area (Å²) >= 11 is 9.71. The molecule has 3 rings (SSSR count). The number of nitrogens with zero attached hydrogens (tertiary/aromatic N) is 1. The highest BCUT2D eigenvalue weighted by Gasteiger charge is 2.20. The van der Waals surface area contributed by atoms with E-state index in [0.717, 1.165) is 26.7 Å². The maximum Gasteiger partial charge on any atom is 0.178 e. The Labute approximate surface area is 135 Å². The van der Waals surface area contributed by atoms with E-state index in [9.17, 15) is 0 Å². The molecule has 0 aliphatic rings. The van der Waals surface area contributed by atoms with Gasteiger partial charge in [-0.1, -0.05) is 57.0 Å². The number of halogens is 2. The van der Waals surface area contributed by atoms with Crippen molar-refractivity contribution in [2.45, 2.75) is 6.92 Å². The number of nitrogens with two attached hydrogens (primary N) is 1. The Morgan fingerprint density at radius 2 is 1.90 bits per heavy atom. The van der Waals surface area contributed by atoms with Crippen molar-refractivity contribution in [1.82, 2.24) is 5.16 Å². The van der Waals surface area contributed by atoms with Gasteiger partial charge in [-0.15, -0.1) is 0 Å². The van der Waals surface area contributed by atoms with Crippen molar-refractivity contribution in [2.75, 3.05) is 5.73 Å². The predicted molar refractivity (Wildman–Crippen MR) is 89.2 cm³/mol. The number of rotatable bonds is 2. The lowest BCUT2D eigenvalue weighted by molar-refractivity contribution is 0.436. The molecule has 2 aromatic carbocycles. The minimum atomic E-state index is 0.360. The van der Waals surface area contributed by atoms with Crippen LogP contribution in [0.25, 0.3) is 22.5 Å². The van der Waals surface area contributed by atoms with Gasteiger partial charge in [-0.2, -0.15) is 0 Å². The number of aryl methyl sites for hydroxylation is 1. The number of hydrogen-bond acceptors (Lipinski definition) is 3. The van der Waals surface area contributed by atoms with Crippen molar-refractivity contribution in [3.63, 3.8) is 0 Å². The SMILES string of the molecule is Cc1ccccc1-c1c(N)noc1-c1ccc(Br)cc1Cl. The Morgan fingerprint density at radius 3 is 2.62 bits per heavy atom. The van der Waals surface area contributed by atoms with Gasteiger partial charge in [-0.3, -0.25) is 0 Å². The minimum absolute atomic E-state index is 0.360. The molecule has 0 spiro atoms. The van der Waals surface area contributed by atoms with Crippen LogP contribution < -0.4 is 5.73 Å². The fourth-order valence-electron chi connectivity index (χ4n) is 2.27. The Kier molecular flexibility index (Phi) is 3.74. The van der Waals surface area contributed by atoms with Crippen LogP contribution in [0.1, 0.15) is 5.56 Å². The number of hydrogen-bond donors (Lipinski definition) is 1. The lowest BCUT2D eigenvalue weighted by atomic mass is 9.98. The fourth-order valence-corrected chi connectivity index (χ4v) is 3.03. The van der Waals surface area contributed by atoms with Crippen LogP contribution in [0.5, 0.6) is 0 Å². The summed E-state index contributed by atoms with van der Waals surface area (Å²) in [5.41, 5.74) is 9.63. The average Bonchev–Trinajstić information content (AvgIpc) is 2.81. The summed E-state index contributed by atoms with van der Waals surface area (Å²) in [5.74, 6) is 0.942. The standard InChI is InChI=1S/C16H12BrClN2O/c1-9-4-2-3-5-11(9)14-15(21-20-16(14)19)12-7-6-10(17)8-13(12)18/h2-8H,1H3,(H2,19,20). The third kappa shape index (κ3) is 2.57. The zero-order valence-electron chi connectivity index (χ0n) is 11.2. The van der Waals surface area contributed by atoms with Crippen LogP contribution in [0, 0.1) is 6.92 Å². The number of aromatic nitrogens is 1. The van der Waals surface area contributed by atoms with Gasteiger partial charge in [0.2, 0.25) is 0 Å². The van der Waals surface area contributed by atoms with Crippen LogP contribution in [-0.4, -0.2) is 5.16 Å². The summed E-state index contributed by atoms with van der Waals surface area (Å²) in [5, 5.41) is 4.49. The highest BCUT2D eigenvalue weighted by atomic mass is 79.9. The summed E-state index contributed by atoms with van der Waals surface area (Å²) in [7, 11) is 0. The van der Waals surface area contributed by atoms with Gasteiger partial charge in [0.15, 0.2) is 11.6 Å². The zero-order valence-corrected chi connectivity index (χ0v) is 13.6. The van der Waals surface area contributed by atoms with Crippen molar-refractivity contribution in [1.29, 1.82) is 0 Å². The first kappa shape index (κ1) is 14.2. The molecule has 0 amide bonds. The lowest BCUT2D eigenvalue weighted by Crippen LogP contribution is -1.91. The summed E-state index contributed by atoms with van der Waals surface area (Å²) in [6.07, 6.45) is 0. The molecule has 0 bridgehead atoms. The highest BCUT2D eigenvalue weighted by Crippen LogP contribution is 2.41. The van der Waals surface area contributed by atoms with Gasteiger partial charge in [-0.25, -0.2) is 0 Å². The van der Waals surface area contributed by atoms with E-state index < -0.39 is 0 Å². The molecule has 1 heterocycles. The van der Waals surface area contributed by atoms with Gasteiger partial charge in [0.05, 0.1) is 10.6 Å². The number of benzene rings is 2. The van der Waals surface area contributed by atoms with E-state index in [1.54, 1.807) is 0 Å². The van der Waals surface area contributed by atoms with Gasteiger partial charge >= 0.3 is 0 Å². The Balaban J connectivity index is 2.25. The van der Waals surface area contributed by atoms with E-state index in [4.69, 9.17) is 21.9 Å². The molecule has 3 nitrogen and oxygen atoms in total. The molecule has 1 aromatic heterocycles. The van der Waals surface area contributed by atoms with Gasteiger partial charge in [-0.05, 0) is 36.2 Å². The molecule has 0 saturated heterocycles. The van der Waals surface area contributed by atoms with Crippen molar-refractivity contribution >= 4 is 33.3 Å². The van der Waals surface area contributed by atoms with E-state index in [0.29, 0.717) is 16.6 Å². The summed E-state index contributed by atoms with van der Waals surface area (Å²) < 4.78 is 6.34. The predicted octanol–water partition coefficient (Wildman–Crippen LogP) is 5.32. The first-order valence-electron chi connectivity index (χ1n) is 6.34. The molecular formula is C16H12BrClN2O. The number of anilines is 1. The average molecular weight is 364 g/mol. The molecule has 0 unspecified atom stereocenters. The Hall–Kier alpha value is -1.78. The molecule has 0 aliphatic heterocycles.